The molecule has 0 aromatic heterocycles. The molecule has 0 aliphatic heterocycles. The van der Waals surface area contributed by atoms with E-state index in [1.807, 2.05) is 0 Å². The van der Waals surface area contributed by atoms with Crippen molar-refractivity contribution in [1.29, 1.82) is 0 Å². The van der Waals surface area contributed by atoms with Gasteiger partial charge in [0, 0.05) is 10.0 Å². The van der Waals surface area contributed by atoms with E-state index >= 15 is 0 Å². The highest BCUT2D eigenvalue weighted by Gasteiger charge is 2.19. The zero-order valence-electron chi connectivity index (χ0n) is 10.4. The molecule has 0 saturated heterocycles. The smallest absolute Gasteiger partial charge is 0.262 e. The van der Waals surface area contributed by atoms with Crippen molar-refractivity contribution in [3.8, 4) is 5.75 Å². The summed E-state index contributed by atoms with van der Waals surface area (Å²) in [6.45, 7) is 1.61. The minimum Gasteiger partial charge on any atom is -0.506 e. The number of nitrogens with one attached hydrogen (secondary N) is 1. The Balaban J connectivity index is 2.46. The van der Waals surface area contributed by atoms with Crippen LogP contribution in [0.3, 0.4) is 0 Å². The molecule has 0 unspecified atom stereocenters. The molecule has 0 saturated carbocycles. The van der Waals surface area contributed by atoms with E-state index in [1.54, 1.807) is 19.1 Å². The molecule has 7 heteroatoms. The first-order valence-corrected chi connectivity index (χ1v) is 7.81. The molecule has 0 aliphatic carbocycles. The van der Waals surface area contributed by atoms with Crippen LogP contribution in [0.2, 0.25) is 10.0 Å². The molecule has 2 N–H and O–H groups in total. The monoisotopic (exact) mass is 331 g/mol. The molecule has 0 fully saturated rings. The second-order valence-corrected chi connectivity index (χ2v) is 6.62. The highest BCUT2D eigenvalue weighted by Crippen LogP contribution is 2.30. The Kier molecular flexibility index (Phi) is 4.13. The van der Waals surface area contributed by atoms with Gasteiger partial charge in [-0.3, -0.25) is 4.72 Å². The fraction of sp³-hybridized carbons (Fsp3) is 0.0769. The van der Waals surface area contributed by atoms with E-state index in [4.69, 9.17) is 23.2 Å². The Labute approximate surface area is 127 Å². The number of phenols is 1. The van der Waals surface area contributed by atoms with E-state index < -0.39 is 10.0 Å². The van der Waals surface area contributed by atoms with Crippen LogP contribution in [0.1, 0.15) is 5.56 Å². The lowest BCUT2D eigenvalue weighted by molar-refractivity contribution is 0.477. The third-order valence-electron chi connectivity index (χ3n) is 2.71. The number of aromatic hydroxyl groups is 1. The Morgan fingerprint density at radius 2 is 1.85 bits per heavy atom. The standard InChI is InChI=1S/C13H11Cl2NO3S/c1-8-10(15)3-2-4-13(8)20(18,19)16-11-7-9(14)5-6-12(11)17/h2-7,16-17H,1H3. The van der Waals surface area contributed by atoms with Crippen molar-refractivity contribution in [3.63, 3.8) is 0 Å². The average Bonchev–Trinajstić information content (AvgIpc) is 2.36. The van der Waals surface area contributed by atoms with Crippen molar-refractivity contribution < 1.29 is 13.5 Å². The van der Waals surface area contributed by atoms with Crippen LogP contribution >= 0.6 is 23.2 Å². The summed E-state index contributed by atoms with van der Waals surface area (Å²) in [7, 11) is -3.86. The summed E-state index contributed by atoms with van der Waals surface area (Å²) in [5.74, 6) is -0.211. The zero-order chi connectivity index (χ0) is 14.9. The van der Waals surface area contributed by atoms with Crippen LogP contribution in [0.4, 0.5) is 5.69 Å². The van der Waals surface area contributed by atoms with Gasteiger partial charge >= 0.3 is 0 Å². The highest BCUT2D eigenvalue weighted by atomic mass is 35.5. The Morgan fingerprint density at radius 3 is 2.55 bits per heavy atom. The van der Waals surface area contributed by atoms with Crippen molar-refractivity contribution in [2.24, 2.45) is 0 Å². The summed E-state index contributed by atoms with van der Waals surface area (Å²) in [4.78, 5) is 0.0457. The molecule has 0 atom stereocenters. The zero-order valence-corrected chi connectivity index (χ0v) is 12.7. The molecule has 0 spiro atoms. The normalized spacial score (nSPS) is 11.3. The number of benzene rings is 2. The largest absolute Gasteiger partial charge is 0.506 e. The van der Waals surface area contributed by atoms with Crippen LogP contribution in [0.15, 0.2) is 41.3 Å². The second-order valence-electron chi connectivity index (χ2n) is 4.13. The predicted molar refractivity (Wildman–Crippen MR) is 80.1 cm³/mol. The lowest BCUT2D eigenvalue weighted by Gasteiger charge is -2.12. The van der Waals surface area contributed by atoms with E-state index in [2.05, 4.69) is 4.72 Å². The maximum atomic E-state index is 12.3. The summed E-state index contributed by atoms with van der Waals surface area (Å²) in [6.07, 6.45) is 0. The van der Waals surface area contributed by atoms with Crippen LogP contribution in [0, 0.1) is 6.92 Å². The highest BCUT2D eigenvalue weighted by molar-refractivity contribution is 7.92. The molecular formula is C13H11Cl2NO3S. The van der Waals surface area contributed by atoms with E-state index in [0.717, 1.165) is 0 Å². The summed E-state index contributed by atoms with van der Waals surface area (Å²) >= 11 is 11.7. The maximum Gasteiger partial charge on any atom is 0.262 e. The van der Waals surface area contributed by atoms with Gasteiger partial charge in [-0.25, -0.2) is 8.42 Å². The molecule has 0 aliphatic rings. The van der Waals surface area contributed by atoms with E-state index in [-0.39, 0.29) is 16.3 Å². The number of hydrogen-bond acceptors (Lipinski definition) is 3. The molecule has 2 aromatic carbocycles. The minimum absolute atomic E-state index is 0.0110. The third-order valence-corrected chi connectivity index (χ3v) is 4.86. The lowest BCUT2D eigenvalue weighted by Crippen LogP contribution is -2.14. The number of phenolic OH excluding ortho intramolecular Hbond substituents is 1. The molecule has 0 radical (unpaired) electrons. The van der Waals surface area contributed by atoms with Gasteiger partial charge in [0.1, 0.15) is 5.75 Å². The molecule has 0 bridgehead atoms. The van der Waals surface area contributed by atoms with Crippen molar-refractivity contribution in [1.82, 2.24) is 0 Å². The van der Waals surface area contributed by atoms with Crippen molar-refractivity contribution >= 4 is 38.9 Å². The summed E-state index contributed by atoms with van der Waals surface area (Å²) < 4.78 is 26.9. The fourth-order valence-electron chi connectivity index (χ4n) is 1.67. The van der Waals surface area contributed by atoms with Gasteiger partial charge in [0.25, 0.3) is 10.0 Å². The number of hydrogen-bond donors (Lipinski definition) is 2. The SMILES string of the molecule is Cc1c(Cl)cccc1S(=O)(=O)Nc1cc(Cl)ccc1O. The first-order valence-electron chi connectivity index (χ1n) is 5.58. The van der Waals surface area contributed by atoms with Gasteiger partial charge in [-0.2, -0.15) is 0 Å². The van der Waals surface area contributed by atoms with Gasteiger partial charge in [0.2, 0.25) is 0 Å². The number of anilines is 1. The third kappa shape index (κ3) is 3.00. The van der Waals surface area contributed by atoms with E-state index in [0.29, 0.717) is 15.6 Å². The van der Waals surface area contributed by atoms with Crippen molar-refractivity contribution in [3.05, 3.63) is 52.0 Å². The van der Waals surface area contributed by atoms with Gasteiger partial charge in [-0.1, -0.05) is 29.3 Å². The molecular weight excluding hydrogens is 321 g/mol. The van der Waals surface area contributed by atoms with Crippen LogP contribution < -0.4 is 4.72 Å². The van der Waals surface area contributed by atoms with Gasteiger partial charge in [-0.15, -0.1) is 0 Å². The first kappa shape index (κ1) is 15.0. The van der Waals surface area contributed by atoms with Crippen molar-refractivity contribution in [2.45, 2.75) is 11.8 Å². The molecule has 20 heavy (non-hydrogen) atoms. The second kappa shape index (κ2) is 5.52. The van der Waals surface area contributed by atoms with Gasteiger partial charge < -0.3 is 5.11 Å². The summed E-state index contributed by atoms with van der Waals surface area (Å²) in [5, 5.41) is 10.3. The van der Waals surface area contributed by atoms with Gasteiger partial charge in [0.05, 0.1) is 10.6 Å². The molecule has 0 amide bonds. The molecule has 4 nitrogen and oxygen atoms in total. The molecule has 0 heterocycles. The Hall–Kier alpha value is -1.43. The topological polar surface area (TPSA) is 66.4 Å². The van der Waals surface area contributed by atoms with Crippen molar-refractivity contribution in [2.75, 3.05) is 4.72 Å². The van der Waals surface area contributed by atoms with Gasteiger partial charge in [-0.05, 0) is 42.8 Å². The molecule has 2 rings (SSSR count). The van der Waals surface area contributed by atoms with Gasteiger partial charge in [0.15, 0.2) is 0 Å². The van der Waals surface area contributed by atoms with E-state index in [9.17, 15) is 13.5 Å². The van der Waals surface area contributed by atoms with Crippen LogP contribution in [0.5, 0.6) is 5.75 Å². The first-order chi connectivity index (χ1) is 9.31. The summed E-state index contributed by atoms with van der Waals surface area (Å²) in [5.41, 5.74) is 0.445. The fourth-order valence-corrected chi connectivity index (χ4v) is 3.40. The van der Waals surface area contributed by atoms with Crippen LogP contribution in [-0.4, -0.2) is 13.5 Å². The predicted octanol–water partition coefficient (Wildman–Crippen LogP) is 3.81. The number of rotatable bonds is 3. The molecule has 2 aromatic rings. The van der Waals surface area contributed by atoms with Crippen LogP contribution in [0.25, 0.3) is 0 Å². The Bertz CT molecular complexity index is 760. The van der Waals surface area contributed by atoms with E-state index in [1.165, 1.54) is 24.3 Å². The number of halogens is 2. The summed E-state index contributed by atoms with van der Waals surface area (Å²) in [6, 6.07) is 8.68. The maximum absolute atomic E-state index is 12.3. The molecule has 106 valence electrons. The number of sulfonamides is 1. The quantitative estimate of drug-likeness (QED) is 0.840. The Morgan fingerprint density at radius 1 is 1.15 bits per heavy atom. The minimum atomic E-state index is -3.86. The lowest BCUT2D eigenvalue weighted by atomic mass is 10.2. The van der Waals surface area contributed by atoms with Crippen LogP contribution in [-0.2, 0) is 10.0 Å². The average molecular weight is 332 g/mol.